The van der Waals surface area contributed by atoms with Gasteiger partial charge in [-0.25, -0.2) is 9.59 Å². The van der Waals surface area contributed by atoms with E-state index in [0.29, 0.717) is 42.6 Å². The molecule has 4 rings (SSSR count). The Bertz CT molecular complexity index is 1190. The predicted molar refractivity (Wildman–Crippen MR) is 149 cm³/mol. The summed E-state index contributed by atoms with van der Waals surface area (Å²) >= 11 is 6.24. The molecule has 0 atom stereocenters. The number of carbonyl (C=O) groups is 2. The fraction of sp³-hybridized carbons (Fsp3) is 0.259. The van der Waals surface area contributed by atoms with E-state index in [2.05, 4.69) is 20.9 Å². The normalized spacial score (nSPS) is 13.2. The number of amides is 4. The molecule has 1 aliphatic rings. The Kier molecular flexibility index (Phi) is 7.85. The Morgan fingerprint density at radius 3 is 1.94 bits per heavy atom. The Labute approximate surface area is 216 Å². The van der Waals surface area contributed by atoms with Crippen molar-refractivity contribution in [1.29, 1.82) is 0 Å². The van der Waals surface area contributed by atoms with Crippen LogP contribution in [0.2, 0.25) is 5.02 Å². The molecule has 4 amide bonds. The van der Waals surface area contributed by atoms with Crippen molar-refractivity contribution in [2.24, 2.45) is 0 Å². The maximum absolute atomic E-state index is 12.7. The maximum Gasteiger partial charge on any atom is 0.323 e. The van der Waals surface area contributed by atoms with Gasteiger partial charge in [0.05, 0.1) is 10.7 Å². The van der Waals surface area contributed by atoms with Crippen molar-refractivity contribution in [2.45, 2.75) is 6.92 Å². The Morgan fingerprint density at radius 1 is 0.806 bits per heavy atom. The summed E-state index contributed by atoms with van der Waals surface area (Å²) in [6, 6.07) is 20.5. The number of urea groups is 2. The van der Waals surface area contributed by atoms with Gasteiger partial charge in [0.1, 0.15) is 0 Å². The average molecular weight is 507 g/mol. The first-order valence-electron chi connectivity index (χ1n) is 11.8. The molecule has 1 aliphatic heterocycles. The zero-order valence-electron chi connectivity index (χ0n) is 20.7. The number of para-hydroxylation sites is 1. The molecular weight excluding hydrogens is 476 g/mol. The molecule has 1 fully saturated rings. The van der Waals surface area contributed by atoms with Crippen LogP contribution in [0.25, 0.3) is 0 Å². The first-order valence-corrected chi connectivity index (χ1v) is 12.2. The molecule has 0 unspecified atom stereocenters. The van der Waals surface area contributed by atoms with Gasteiger partial charge in [-0.1, -0.05) is 23.7 Å². The van der Waals surface area contributed by atoms with Crippen molar-refractivity contribution < 1.29 is 9.59 Å². The Morgan fingerprint density at radius 2 is 1.39 bits per heavy atom. The van der Waals surface area contributed by atoms with Crippen LogP contribution in [0.4, 0.5) is 38.0 Å². The van der Waals surface area contributed by atoms with E-state index in [9.17, 15) is 9.59 Å². The van der Waals surface area contributed by atoms with E-state index in [4.69, 9.17) is 11.6 Å². The Hall–Kier alpha value is -3.91. The van der Waals surface area contributed by atoms with Gasteiger partial charge in [-0.2, -0.15) is 0 Å². The van der Waals surface area contributed by atoms with E-state index in [1.807, 2.05) is 86.6 Å². The highest BCUT2D eigenvalue weighted by atomic mass is 35.5. The molecule has 1 saturated heterocycles. The third-order valence-corrected chi connectivity index (χ3v) is 6.47. The monoisotopic (exact) mass is 506 g/mol. The molecular formula is C27H31ClN6O2. The van der Waals surface area contributed by atoms with Crippen LogP contribution < -0.4 is 25.8 Å². The fourth-order valence-electron chi connectivity index (χ4n) is 4.04. The summed E-state index contributed by atoms with van der Waals surface area (Å²) in [5.74, 6) is 0. The molecule has 0 aromatic heterocycles. The number of piperazine rings is 1. The number of hydrogen-bond acceptors (Lipinski definition) is 4. The van der Waals surface area contributed by atoms with E-state index in [-0.39, 0.29) is 12.1 Å². The highest BCUT2D eigenvalue weighted by molar-refractivity contribution is 6.33. The zero-order chi connectivity index (χ0) is 25.7. The van der Waals surface area contributed by atoms with Crippen molar-refractivity contribution in [2.75, 3.05) is 66.0 Å². The highest BCUT2D eigenvalue weighted by Crippen LogP contribution is 2.26. The van der Waals surface area contributed by atoms with Gasteiger partial charge in [0, 0.05) is 63.0 Å². The second-order valence-electron chi connectivity index (χ2n) is 8.90. The summed E-state index contributed by atoms with van der Waals surface area (Å²) in [6.07, 6.45) is 0. The SMILES string of the molecule is Cc1cccc(Cl)c1NC(=O)N1CCN(c2ccc(NC(=O)Nc3ccc(N(C)C)cc3)cc2)CC1. The van der Waals surface area contributed by atoms with Crippen LogP contribution in [0.15, 0.2) is 66.7 Å². The number of nitrogens with zero attached hydrogens (tertiary/aromatic N) is 3. The van der Waals surface area contributed by atoms with Gasteiger partial charge in [-0.05, 0) is 67.1 Å². The minimum absolute atomic E-state index is 0.146. The third kappa shape index (κ3) is 6.20. The van der Waals surface area contributed by atoms with Crippen LogP contribution >= 0.6 is 11.6 Å². The molecule has 8 nitrogen and oxygen atoms in total. The number of halogens is 1. The molecule has 1 heterocycles. The van der Waals surface area contributed by atoms with Crippen LogP contribution in [-0.4, -0.2) is 57.2 Å². The fourth-order valence-corrected chi connectivity index (χ4v) is 4.30. The van der Waals surface area contributed by atoms with Crippen LogP contribution in [-0.2, 0) is 0 Å². The van der Waals surface area contributed by atoms with E-state index < -0.39 is 0 Å². The van der Waals surface area contributed by atoms with Gasteiger partial charge in [0.25, 0.3) is 0 Å². The number of aryl methyl sites for hydroxylation is 1. The number of anilines is 5. The third-order valence-electron chi connectivity index (χ3n) is 6.15. The number of rotatable bonds is 5. The second-order valence-corrected chi connectivity index (χ2v) is 9.31. The molecule has 3 aromatic rings. The topological polar surface area (TPSA) is 80.0 Å². The van der Waals surface area contributed by atoms with E-state index in [0.717, 1.165) is 22.6 Å². The zero-order valence-corrected chi connectivity index (χ0v) is 21.5. The van der Waals surface area contributed by atoms with Gasteiger partial charge in [-0.3, -0.25) is 0 Å². The minimum atomic E-state index is -0.297. The molecule has 9 heteroatoms. The second kappa shape index (κ2) is 11.2. The molecule has 188 valence electrons. The average Bonchev–Trinajstić information content (AvgIpc) is 2.87. The van der Waals surface area contributed by atoms with E-state index >= 15 is 0 Å². The molecule has 0 radical (unpaired) electrons. The highest BCUT2D eigenvalue weighted by Gasteiger charge is 2.22. The first-order chi connectivity index (χ1) is 17.3. The molecule has 3 aromatic carbocycles. The van der Waals surface area contributed by atoms with Crippen molar-refractivity contribution in [3.8, 4) is 0 Å². The lowest BCUT2D eigenvalue weighted by Crippen LogP contribution is -2.50. The molecule has 0 saturated carbocycles. The molecule has 0 aliphatic carbocycles. The largest absolute Gasteiger partial charge is 0.378 e. The maximum atomic E-state index is 12.7. The molecule has 0 bridgehead atoms. The standard InChI is InChI=1S/C27H31ClN6O2/c1-19-5-4-6-24(28)25(19)31-27(36)34-17-15-33(16-18-34)23-13-9-21(10-14-23)30-26(35)29-20-7-11-22(12-8-20)32(2)3/h4-14H,15-18H2,1-3H3,(H,31,36)(H2,29,30,35). The van der Waals surface area contributed by atoms with Gasteiger partial charge in [0.2, 0.25) is 0 Å². The van der Waals surface area contributed by atoms with Gasteiger partial charge in [-0.15, -0.1) is 0 Å². The predicted octanol–water partition coefficient (Wildman–Crippen LogP) is 5.71. The summed E-state index contributed by atoms with van der Waals surface area (Å²) in [5, 5.41) is 9.18. The lowest BCUT2D eigenvalue weighted by Gasteiger charge is -2.36. The molecule has 0 spiro atoms. The van der Waals surface area contributed by atoms with Crippen molar-refractivity contribution in [1.82, 2.24) is 4.90 Å². The lowest BCUT2D eigenvalue weighted by atomic mass is 10.2. The number of hydrogen-bond donors (Lipinski definition) is 3. The van der Waals surface area contributed by atoms with Crippen LogP contribution in [0.5, 0.6) is 0 Å². The van der Waals surface area contributed by atoms with Crippen LogP contribution in [0, 0.1) is 6.92 Å². The summed E-state index contributed by atoms with van der Waals surface area (Å²) in [6.45, 7) is 4.55. The van der Waals surface area contributed by atoms with Crippen molar-refractivity contribution in [3.63, 3.8) is 0 Å². The Balaban J connectivity index is 1.26. The minimum Gasteiger partial charge on any atom is -0.378 e. The van der Waals surface area contributed by atoms with Gasteiger partial charge < -0.3 is 30.7 Å². The van der Waals surface area contributed by atoms with E-state index in [1.165, 1.54) is 0 Å². The van der Waals surface area contributed by atoms with Gasteiger partial charge in [0.15, 0.2) is 0 Å². The number of carbonyl (C=O) groups excluding carboxylic acids is 2. The summed E-state index contributed by atoms with van der Waals surface area (Å²) in [5.41, 5.74) is 5.12. The van der Waals surface area contributed by atoms with E-state index in [1.54, 1.807) is 11.0 Å². The number of benzene rings is 3. The summed E-state index contributed by atoms with van der Waals surface area (Å²) in [7, 11) is 3.94. The number of nitrogens with one attached hydrogen (secondary N) is 3. The van der Waals surface area contributed by atoms with Gasteiger partial charge >= 0.3 is 12.1 Å². The van der Waals surface area contributed by atoms with Crippen molar-refractivity contribution in [3.05, 3.63) is 77.3 Å². The quantitative estimate of drug-likeness (QED) is 0.414. The molecule has 36 heavy (non-hydrogen) atoms. The smallest absolute Gasteiger partial charge is 0.323 e. The van der Waals surface area contributed by atoms with Crippen LogP contribution in [0.3, 0.4) is 0 Å². The summed E-state index contributed by atoms with van der Waals surface area (Å²) < 4.78 is 0. The van der Waals surface area contributed by atoms with Crippen molar-refractivity contribution >= 4 is 52.1 Å². The summed E-state index contributed by atoms with van der Waals surface area (Å²) in [4.78, 5) is 31.1. The first kappa shape index (κ1) is 25.2. The van der Waals surface area contributed by atoms with Crippen LogP contribution in [0.1, 0.15) is 5.56 Å². The lowest BCUT2D eigenvalue weighted by molar-refractivity contribution is 0.208. The molecule has 3 N–H and O–H groups in total.